The molecule has 1 N–H and O–H groups in total. The molecule has 0 radical (unpaired) electrons. The van der Waals surface area contributed by atoms with Crippen LogP contribution in [-0.4, -0.2) is 43.3 Å². The zero-order valence-electron chi connectivity index (χ0n) is 16.3. The van der Waals surface area contributed by atoms with Gasteiger partial charge < -0.3 is 15.0 Å². The average Bonchev–Trinajstić information content (AvgIpc) is 2.92. The summed E-state index contributed by atoms with van der Waals surface area (Å²) in [5.41, 5.74) is 4.77. The highest BCUT2D eigenvalue weighted by Crippen LogP contribution is 2.44. The van der Waals surface area contributed by atoms with Crippen molar-refractivity contribution in [1.82, 2.24) is 4.90 Å². The number of ether oxygens (including phenoxy) is 1. The molecule has 142 valence electrons. The molecule has 5 rings (SSSR count). The highest BCUT2D eigenvalue weighted by atomic mass is 16.5. The Morgan fingerprint density at radius 3 is 2.85 bits per heavy atom. The van der Waals surface area contributed by atoms with E-state index in [9.17, 15) is 0 Å². The van der Waals surface area contributed by atoms with Crippen molar-refractivity contribution in [1.29, 1.82) is 0 Å². The van der Waals surface area contributed by atoms with Crippen molar-refractivity contribution < 1.29 is 4.74 Å². The van der Waals surface area contributed by atoms with Gasteiger partial charge in [0, 0.05) is 24.2 Å². The summed E-state index contributed by atoms with van der Waals surface area (Å²) in [5.74, 6) is 0.855. The van der Waals surface area contributed by atoms with Gasteiger partial charge in [-0.3, -0.25) is 0 Å². The largest absolute Gasteiger partial charge is 0.384 e. The van der Waals surface area contributed by atoms with E-state index < -0.39 is 0 Å². The zero-order chi connectivity index (χ0) is 17.6. The first kappa shape index (κ1) is 17.1. The Balaban J connectivity index is 1.21. The molecule has 3 nitrogen and oxygen atoms in total. The second-order valence-electron chi connectivity index (χ2n) is 9.47. The minimum atomic E-state index is 0.390. The van der Waals surface area contributed by atoms with Gasteiger partial charge in [-0.1, -0.05) is 17.7 Å². The van der Waals surface area contributed by atoms with Gasteiger partial charge in [-0.2, -0.15) is 0 Å². The van der Waals surface area contributed by atoms with Crippen LogP contribution >= 0.6 is 0 Å². The fourth-order valence-corrected chi connectivity index (χ4v) is 6.03. The minimum absolute atomic E-state index is 0.390. The molecule has 1 spiro atoms. The number of anilines is 1. The van der Waals surface area contributed by atoms with Crippen LogP contribution < -0.4 is 5.32 Å². The van der Waals surface area contributed by atoms with Crippen LogP contribution in [0.15, 0.2) is 18.2 Å². The maximum Gasteiger partial charge on any atom is 0.0582 e. The predicted molar refractivity (Wildman–Crippen MR) is 107 cm³/mol. The standard InChI is InChI=1S/C23H34N2O/c1-17-5-8-22-21(13-17)23(16-24-22)9-11-25(12-10-23)15-18-6-7-19-3-2-4-20(14-18)26-19/h5,8,13,18-20,24H,2-4,6-7,9-12,14-16H2,1H3. The molecule has 0 saturated carbocycles. The van der Waals surface area contributed by atoms with E-state index in [2.05, 4.69) is 35.3 Å². The molecular formula is C23H34N2O. The molecule has 3 fully saturated rings. The number of rotatable bonds is 2. The number of piperidine rings is 1. The van der Waals surface area contributed by atoms with Crippen molar-refractivity contribution in [2.24, 2.45) is 5.92 Å². The Bertz CT molecular complexity index is 650. The third kappa shape index (κ3) is 3.18. The maximum absolute atomic E-state index is 6.27. The molecule has 4 aliphatic rings. The van der Waals surface area contributed by atoms with E-state index in [0.717, 1.165) is 12.5 Å². The van der Waals surface area contributed by atoms with Gasteiger partial charge in [0.15, 0.2) is 0 Å². The summed E-state index contributed by atoms with van der Waals surface area (Å²) < 4.78 is 6.27. The number of fused-ring (bicyclic) bond motifs is 4. The summed E-state index contributed by atoms with van der Waals surface area (Å²) in [6.45, 7) is 7.20. The Hall–Kier alpha value is -1.06. The molecule has 3 heteroatoms. The van der Waals surface area contributed by atoms with Crippen LogP contribution in [0.4, 0.5) is 5.69 Å². The fraction of sp³-hybridized carbons (Fsp3) is 0.739. The molecule has 3 saturated heterocycles. The summed E-state index contributed by atoms with van der Waals surface area (Å²) >= 11 is 0. The van der Waals surface area contributed by atoms with Crippen molar-refractivity contribution in [3.05, 3.63) is 29.3 Å². The second kappa shape index (κ2) is 6.83. The Morgan fingerprint density at radius 1 is 1.12 bits per heavy atom. The number of aryl methyl sites for hydroxylation is 1. The monoisotopic (exact) mass is 354 g/mol. The first-order valence-electron chi connectivity index (χ1n) is 10.9. The normalized spacial score (nSPS) is 33.5. The molecule has 3 atom stereocenters. The number of hydrogen-bond acceptors (Lipinski definition) is 3. The van der Waals surface area contributed by atoms with Crippen molar-refractivity contribution >= 4 is 5.69 Å². The van der Waals surface area contributed by atoms with Crippen LogP contribution in [0, 0.1) is 12.8 Å². The average molecular weight is 355 g/mol. The van der Waals surface area contributed by atoms with E-state index in [0.29, 0.717) is 17.6 Å². The first-order chi connectivity index (χ1) is 12.7. The predicted octanol–water partition coefficient (Wildman–Crippen LogP) is 4.49. The molecule has 26 heavy (non-hydrogen) atoms. The van der Waals surface area contributed by atoms with E-state index in [1.54, 1.807) is 5.56 Å². The number of nitrogens with zero attached hydrogens (tertiary/aromatic N) is 1. The quantitative estimate of drug-likeness (QED) is 0.847. The Labute approximate surface area is 158 Å². The molecule has 0 aliphatic carbocycles. The number of nitrogens with one attached hydrogen (secondary N) is 1. The van der Waals surface area contributed by atoms with Gasteiger partial charge in [-0.15, -0.1) is 0 Å². The lowest BCUT2D eigenvalue weighted by Crippen LogP contribution is -2.45. The minimum Gasteiger partial charge on any atom is -0.384 e. The third-order valence-corrected chi connectivity index (χ3v) is 7.62. The zero-order valence-corrected chi connectivity index (χ0v) is 16.3. The van der Waals surface area contributed by atoms with Crippen molar-refractivity contribution in [3.8, 4) is 0 Å². The van der Waals surface area contributed by atoms with Crippen molar-refractivity contribution in [2.45, 2.75) is 75.9 Å². The van der Waals surface area contributed by atoms with Gasteiger partial charge in [0.05, 0.1) is 12.2 Å². The van der Waals surface area contributed by atoms with Gasteiger partial charge in [0.1, 0.15) is 0 Å². The van der Waals surface area contributed by atoms with E-state index in [1.807, 2.05) is 0 Å². The van der Waals surface area contributed by atoms with Crippen LogP contribution in [-0.2, 0) is 10.2 Å². The van der Waals surface area contributed by atoms with Gasteiger partial charge >= 0.3 is 0 Å². The molecule has 3 unspecified atom stereocenters. The van der Waals surface area contributed by atoms with Crippen LogP contribution in [0.3, 0.4) is 0 Å². The SMILES string of the molecule is Cc1ccc2c(c1)C1(CCN(CC3CCC4CCCC(C3)O4)CC1)CN2. The number of hydrogen-bond donors (Lipinski definition) is 1. The summed E-state index contributed by atoms with van der Waals surface area (Å²) in [5, 5.41) is 3.68. The molecular weight excluding hydrogens is 320 g/mol. The Morgan fingerprint density at radius 2 is 1.96 bits per heavy atom. The van der Waals surface area contributed by atoms with Crippen molar-refractivity contribution in [2.75, 3.05) is 31.5 Å². The topological polar surface area (TPSA) is 24.5 Å². The maximum atomic E-state index is 6.27. The van der Waals surface area contributed by atoms with E-state index >= 15 is 0 Å². The molecule has 2 bridgehead atoms. The summed E-state index contributed by atoms with van der Waals surface area (Å²) in [6.07, 6.45) is 11.7. The van der Waals surface area contributed by atoms with Crippen LogP contribution in [0.5, 0.6) is 0 Å². The fourth-order valence-electron chi connectivity index (χ4n) is 6.03. The van der Waals surface area contributed by atoms with E-state index in [-0.39, 0.29) is 0 Å². The lowest BCUT2D eigenvalue weighted by atomic mass is 9.74. The molecule has 1 aromatic rings. The molecule has 0 amide bonds. The van der Waals surface area contributed by atoms with Crippen LogP contribution in [0.1, 0.15) is 62.5 Å². The van der Waals surface area contributed by atoms with Gasteiger partial charge in [0.2, 0.25) is 0 Å². The third-order valence-electron chi connectivity index (χ3n) is 7.62. The summed E-state index contributed by atoms with van der Waals surface area (Å²) in [7, 11) is 0. The summed E-state index contributed by atoms with van der Waals surface area (Å²) in [4.78, 5) is 2.76. The lowest BCUT2D eigenvalue weighted by Gasteiger charge is -2.40. The molecule has 1 aromatic carbocycles. The molecule has 0 aromatic heterocycles. The van der Waals surface area contributed by atoms with E-state index in [4.69, 9.17) is 4.74 Å². The first-order valence-corrected chi connectivity index (χ1v) is 10.9. The number of benzene rings is 1. The smallest absolute Gasteiger partial charge is 0.0582 e. The summed E-state index contributed by atoms with van der Waals surface area (Å²) in [6, 6.07) is 6.97. The van der Waals surface area contributed by atoms with Crippen LogP contribution in [0.2, 0.25) is 0 Å². The highest BCUT2D eigenvalue weighted by molar-refractivity contribution is 5.61. The van der Waals surface area contributed by atoms with Crippen molar-refractivity contribution in [3.63, 3.8) is 0 Å². The molecule has 4 aliphatic heterocycles. The van der Waals surface area contributed by atoms with E-state index in [1.165, 1.54) is 82.3 Å². The number of likely N-dealkylation sites (tertiary alicyclic amines) is 1. The van der Waals surface area contributed by atoms with Gasteiger partial charge in [-0.25, -0.2) is 0 Å². The molecule has 4 heterocycles. The second-order valence-corrected chi connectivity index (χ2v) is 9.47. The van der Waals surface area contributed by atoms with Gasteiger partial charge in [0.25, 0.3) is 0 Å². The lowest BCUT2D eigenvalue weighted by molar-refractivity contribution is -0.0472. The highest BCUT2D eigenvalue weighted by Gasteiger charge is 2.41. The Kier molecular flexibility index (Phi) is 4.48. The van der Waals surface area contributed by atoms with Gasteiger partial charge in [-0.05, 0) is 88.9 Å². The van der Waals surface area contributed by atoms with Crippen LogP contribution in [0.25, 0.3) is 0 Å².